The van der Waals surface area contributed by atoms with Gasteiger partial charge in [-0.15, -0.1) is 0 Å². The van der Waals surface area contributed by atoms with Crippen molar-refractivity contribution in [3.8, 4) is 11.5 Å². The fourth-order valence-corrected chi connectivity index (χ4v) is 5.04. The molecule has 1 atom stereocenters. The van der Waals surface area contributed by atoms with Crippen LogP contribution in [0.2, 0.25) is 0 Å². The largest absolute Gasteiger partial charge is 0.490 e. The highest BCUT2D eigenvalue weighted by atomic mass is 32.2. The number of hydrogen-bond donors (Lipinski definition) is 2. The average molecular weight is 474 g/mol. The van der Waals surface area contributed by atoms with Crippen LogP contribution in [0.15, 0.2) is 47.4 Å². The first-order valence-corrected chi connectivity index (χ1v) is 12.4. The molecule has 0 bridgehead atoms. The lowest BCUT2D eigenvalue weighted by atomic mass is 10.0. The Bertz CT molecular complexity index is 1130. The molecular weight excluding hydrogens is 446 g/mol. The number of likely N-dealkylation sites (tertiary alicyclic amines) is 1. The number of nitrogens with one attached hydrogen (secondary N) is 2. The van der Waals surface area contributed by atoms with Crippen molar-refractivity contribution >= 4 is 27.5 Å². The second-order valence-electron chi connectivity index (χ2n) is 8.03. The van der Waals surface area contributed by atoms with E-state index in [-0.39, 0.29) is 29.3 Å². The molecule has 0 saturated carbocycles. The summed E-state index contributed by atoms with van der Waals surface area (Å²) in [5, 5.41) is 2.58. The number of rotatable bonds is 6. The predicted molar refractivity (Wildman–Crippen MR) is 122 cm³/mol. The van der Waals surface area contributed by atoms with E-state index in [0.29, 0.717) is 36.9 Å². The van der Waals surface area contributed by atoms with Crippen LogP contribution in [0.1, 0.15) is 37.8 Å². The van der Waals surface area contributed by atoms with Gasteiger partial charge in [-0.25, -0.2) is 13.1 Å². The lowest BCUT2D eigenvalue weighted by Crippen LogP contribution is -2.39. The van der Waals surface area contributed by atoms with Crippen LogP contribution in [0.5, 0.6) is 11.5 Å². The summed E-state index contributed by atoms with van der Waals surface area (Å²) in [5.74, 6) is 0.836. The van der Waals surface area contributed by atoms with E-state index in [1.165, 1.54) is 31.2 Å². The Kier molecular flexibility index (Phi) is 6.85. The molecule has 10 heteroatoms. The highest BCUT2D eigenvalue weighted by Gasteiger charge is 2.31. The van der Waals surface area contributed by atoms with Crippen LogP contribution < -0.4 is 19.5 Å². The monoisotopic (exact) mass is 473 g/mol. The average Bonchev–Trinajstić information content (AvgIpc) is 3.16. The molecule has 0 spiro atoms. The number of anilines is 1. The SMILES string of the molecule is CC(=O)Nc1ccc(S(=O)(=O)NCC(=O)N2CCC[C@@H]2c2ccc3c(c2)OCCCO3)cc1. The number of carbonyl (C=O) groups excluding carboxylic acids is 2. The number of amides is 2. The minimum absolute atomic E-state index is 0.0188. The topological polar surface area (TPSA) is 114 Å². The summed E-state index contributed by atoms with van der Waals surface area (Å²) in [6.45, 7) is 2.78. The third-order valence-corrected chi connectivity index (χ3v) is 7.05. The molecule has 2 N–H and O–H groups in total. The smallest absolute Gasteiger partial charge is 0.241 e. The molecule has 0 aromatic heterocycles. The van der Waals surface area contributed by atoms with E-state index in [1.54, 1.807) is 4.90 Å². The van der Waals surface area contributed by atoms with Crippen molar-refractivity contribution in [1.29, 1.82) is 0 Å². The number of fused-ring (bicyclic) bond motifs is 1. The maximum Gasteiger partial charge on any atom is 0.241 e. The van der Waals surface area contributed by atoms with Gasteiger partial charge >= 0.3 is 0 Å². The van der Waals surface area contributed by atoms with Gasteiger partial charge in [-0.3, -0.25) is 9.59 Å². The van der Waals surface area contributed by atoms with Crippen LogP contribution in [0.4, 0.5) is 5.69 Å². The van der Waals surface area contributed by atoms with Crippen molar-refractivity contribution in [1.82, 2.24) is 9.62 Å². The van der Waals surface area contributed by atoms with Crippen molar-refractivity contribution in [2.45, 2.75) is 37.1 Å². The van der Waals surface area contributed by atoms with Crippen molar-refractivity contribution in [2.24, 2.45) is 0 Å². The van der Waals surface area contributed by atoms with Crippen LogP contribution in [0.25, 0.3) is 0 Å². The van der Waals surface area contributed by atoms with Crippen molar-refractivity contribution in [3.05, 3.63) is 48.0 Å². The lowest BCUT2D eigenvalue weighted by Gasteiger charge is -2.26. The zero-order chi connectivity index (χ0) is 23.4. The third-order valence-electron chi connectivity index (χ3n) is 5.63. The van der Waals surface area contributed by atoms with Gasteiger partial charge in [0, 0.05) is 25.6 Å². The zero-order valence-corrected chi connectivity index (χ0v) is 19.2. The lowest BCUT2D eigenvalue weighted by molar-refractivity contribution is -0.130. The molecule has 176 valence electrons. The maximum atomic E-state index is 12.9. The maximum absolute atomic E-state index is 12.9. The van der Waals surface area contributed by atoms with Gasteiger partial charge in [-0.2, -0.15) is 0 Å². The summed E-state index contributed by atoms with van der Waals surface area (Å²) in [7, 11) is -3.88. The van der Waals surface area contributed by atoms with Crippen LogP contribution >= 0.6 is 0 Å². The number of ether oxygens (including phenoxy) is 2. The van der Waals surface area contributed by atoms with Gasteiger partial charge in [0.05, 0.1) is 30.7 Å². The van der Waals surface area contributed by atoms with Crippen LogP contribution in [0.3, 0.4) is 0 Å². The first-order chi connectivity index (χ1) is 15.8. The summed E-state index contributed by atoms with van der Waals surface area (Å²) in [6, 6.07) is 11.3. The molecule has 0 aliphatic carbocycles. The van der Waals surface area contributed by atoms with E-state index >= 15 is 0 Å². The number of nitrogens with zero attached hydrogens (tertiary/aromatic N) is 1. The van der Waals surface area contributed by atoms with E-state index in [9.17, 15) is 18.0 Å². The molecule has 0 unspecified atom stereocenters. The van der Waals surface area contributed by atoms with Gasteiger partial charge in [-0.1, -0.05) is 6.07 Å². The first kappa shape index (κ1) is 23.1. The van der Waals surface area contributed by atoms with E-state index in [1.807, 2.05) is 18.2 Å². The van der Waals surface area contributed by atoms with Crippen LogP contribution in [-0.2, 0) is 19.6 Å². The number of benzene rings is 2. The number of carbonyl (C=O) groups is 2. The van der Waals surface area contributed by atoms with Crippen LogP contribution in [-0.4, -0.2) is 51.4 Å². The zero-order valence-electron chi connectivity index (χ0n) is 18.4. The summed E-state index contributed by atoms with van der Waals surface area (Å²) in [5.41, 5.74) is 1.44. The third kappa shape index (κ3) is 5.45. The van der Waals surface area contributed by atoms with Crippen molar-refractivity contribution < 1.29 is 27.5 Å². The highest BCUT2D eigenvalue weighted by Crippen LogP contribution is 2.37. The predicted octanol–water partition coefficient (Wildman–Crippen LogP) is 2.45. The Morgan fingerprint density at radius 3 is 2.48 bits per heavy atom. The summed E-state index contributed by atoms with van der Waals surface area (Å²) in [6.07, 6.45) is 2.44. The van der Waals surface area contributed by atoms with Gasteiger partial charge < -0.3 is 19.7 Å². The van der Waals surface area contributed by atoms with Gasteiger partial charge in [-0.05, 0) is 54.8 Å². The Morgan fingerprint density at radius 2 is 1.76 bits per heavy atom. The molecule has 2 aliphatic rings. The first-order valence-electron chi connectivity index (χ1n) is 10.9. The minimum atomic E-state index is -3.88. The molecule has 2 heterocycles. The molecule has 2 amide bonds. The summed E-state index contributed by atoms with van der Waals surface area (Å²) < 4.78 is 39.1. The van der Waals surface area contributed by atoms with Crippen molar-refractivity contribution in [3.63, 3.8) is 0 Å². The van der Waals surface area contributed by atoms with E-state index < -0.39 is 10.0 Å². The quantitative estimate of drug-likeness (QED) is 0.666. The normalized spacial score (nSPS) is 18.0. The molecule has 4 rings (SSSR count). The van der Waals surface area contributed by atoms with Crippen LogP contribution in [0, 0.1) is 0 Å². The standard InChI is InChI=1S/C23H27N3O6S/c1-16(27)25-18-6-8-19(9-7-18)33(29,30)24-15-23(28)26-11-2-4-20(26)17-5-10-21-22(14-17)32-13-3-12-31-21/h5-10,14,20,24H,2-4,11-13,15H2,1H3,(H,25,27)/t20-/m1/s1. The number of sulfonamides is 1. The Morgan fingerprint density at radius 1 is 1.03 bits per heavy atom. The molecule has 33 heavy (non-hydrogen) atoms. The molecule has 2 aliphatic heterocycles. The van der Waals surface area contributed by atoms with E-state index in [4.69, 9.17) is 9.47 Å². The number of hydrogen-bond acceptors (Lipinski definition) is 6. The Labute approximate surface area is 193 Å². The van der Waals surface area contributed by atoms with E-state index in [0.717, 1.165) is 24.8 Å². The second kappa shape index (κ2) is 9.80. The minimum Gasteiger partial charge on any atom is -0.490 e. The van der Waals surface area contributed by atoms with E-state index in [2.05, 4.69) is 10.0 Å². The fraction of sp³-hybridized carbons (Fsp3) is 0.391. The molecule has 2 aromatic rings. The molecular formula is C23H27N3O6S. The Balaban J connectivity index is 1.41. The van der Waals surface area contributed by atoms with Gasteiger partial charge in [0.25, 0.3) is 0 Å². The molecule has 1 saturated heterocycles. The summed E-state index contributed by atoms with van der Waals surface area (Å²) >= 11 is 0. The molecule has 0 radical (unpaired) electrons. The summed E-state index contributed by atoms with van der Waals surface area (Å²) in [4.78, 5) is 25.8. The molecule has 9 nitrogen and oxygen atoms in total. The second-order valence-corrected chi connectivity index (χ2v) is 9.80. The highest BCUT2D eigenvalue weighted by molar-refractivity contribution is 7.89. The fourth-order valence-electron chi connectivity index (χ4n) is 4.06. The van der Waals surface area contributed by atoms with Gasteiger partial charge in [0.2, 0.25) is 21.8 Å². The molecule has 1 fully saturated rings. The van der Waals surface area contributed by atoms with Gasteiger partial charge in [0.1, 0.15) is 0 Å². The van der Waals surface area contributed by atoms with Gasteiger partial charge in [0.15, 0.2) is 11.5 Å². The molecule has 2 aromatic carbocycles. The van der Waals surface area contributed by atoms with Crippen molar-refractivity contribution in [2.75, 3.05) is 31.6 Å². The Hall–Kier alpha value is -3.11.